The van der Waals surface area contributed by atoms with E-state index in [2.05, 4.69) is 31.2 Å². The molecular formula is C14H18. The van der Waals surface area contributed by atoms with Gasteiger partial charge in [0.1, 0.15) is 0 Å². The molecule has 0 amide bonds. The third kappa shape index (κ3) is 1.06. The SMILES string of the molecule is CCc1ccccc1C1CC2CCC21. The van der Waals surface area contributed by atoms with Crippen molar-refractivity contribution >= 4 is 0 Å². The number of aryl methyl sites for hydroxylation is 1. The first-order valence-corrected chi connectivity index (χ1v) is 5.98. The highest BCUT2D eigenvalue weighted by Gasteiger charge is 2.47. The van der Waals surface area contributed by atoms with Gasteiger partial charge in [0.25, 0.3) is 0 Å². The molecule has 0 radical (unpaired) electrons. The maximum atomic E-state index is 2.36. The van der Waals surface area contributed by atoms with Gasteiger partial charge < -0.3 is 0 Å². The van der Waals surface area contributed by atoms with Crippen LogP contribution >= 0.6 is 0 Å². The molecule has 0 saturated heterocycles. The van der Waals surface area contributed by atoms with E-state index in [1.807, 2.05) is 0 Å². The van der Waals surface area contributed by atoms with Gasteiger partial charge in [0, 0.05) is 0 Å². The summed E-state index contributed by atoms with van der Waals surface area (Å²) in [5.74, 6) is 3.08. The van der Waals surface area contributed by atoms with Gasteiger partial charge in [0.2, 0.25) is 0 Å². The molecule has 2 aliphatic rings. The Bertz CT molecular complexity index is 340. The molecule has 3 atom stereocenters. The van der Waals surface area contributed by atoms with E-state index < -0.39 is 0 Å². The van der Waals surface area contributed by atoms with E-state index in [4.69, 9.17) is 0 Å². The van der Waals surface area contributed by atoms with E-state index in [1.54, 1.807) is 11.1 Å². The maximum absolute atomic E-state index is 2.36. The highest BCUT2D eigenvalue weighted by atomic mass is 14.5. The quantitative estimate of drug-likeness (QED) is 0.659. The van der Waals surface area contributed by atoms with Gasteiger partial charge in [-0.25, -0.2) is 0 Å². The van der Waals surface area contributed by atoms with Crippen LogP contribution in [0.15, 0.2) is 24.3 Å². The number of hydrogen-bond acceptors (Lipinski definition) is 0. The molecule has 2 saturated carbocycles. The Morgan fingerprint density at radius 2 is 2.07 bits per heavy atom. The Morgan fingerprint density at radius 3 is 2.64 bits per heavy atom. The van der Waals surface area contributed by atoms with Crippen molar-refractivity contribution in [2.75, 3.05) is 0 Å². The zero-order valence-electron chi connectivity index (χ0n) is 8.87. The molecule has 0 N–H and O–H groups in total. The zero-order valence-corrected chi connectivity index (χ0v) is 8.87. The Kier molecular flexibility index (Phi) is 1.90. The van der Waals surface area contributed by atoms with E-state index in [9.17, 15) is 0 Å². The monoisotopic (exact) mass is 186 g/mol. The van der Waals surface area contributed by atoms with Crippen molar-refractivity contribution in [3.63, 3.8) is 0 Å². The van der Waals surface area contributed by atoms with Crippen molar-refractivity contribution < 1.29 is 0 Å². The van der Waals surface area contributed by atoms with Crippen LogP contribution in [0.4, 0.5) is 0 Å². The molecule has 0 spiro atoms. The Morgan fingerprint density at radius 1 is 1.21 bits per heavy atom. The fraction of sp³-hybridized carbons (Fsp3) is 0.571. The second kappa shape index (κ2) is 3.12. The predicted octanol–water partition coefficient (Wildman–Crippen LogP) is 3.76. The van der Waals surface area contributed by atoms with Crippen molar-refractivity contribution in [2.45, 2.75) is 38.5 Å². The summed E-state index contributed by atoms with van der Waals surface area (Å²) in [5.41, 5.74) is 3.25. The van der Waals surface area contributed by atoms with Crippen LogP contribution in [0.25, 0.3) is 0 Å². The van der Waals surface area contributed by atoms with Gasteiger partial charge in [0.05, 0.1) is 0 Å². The number of rotatable bonds is 2. The summed E-state index contributed by atoms with van der Waals surface area (Å²) in [6.45, 7) is 2.27. The van der Waals surface area contributed by atoms with Crippen LogP contribution in [0.5, 0.6) is 0 Å². The van der Waals surface area contributed by atoms with Crippen LogP contribution in [0.1, 0.15) is 43.2 Å². The Balaban J connectivity index is 1.88. The summed E-state index contributed by atoms with van der Waals surface area (Å²) in [4.78, 5) is 0. The molecule has 3 rings (SSSR count). The molecule has 74 valence electrons. The van der Waals surface area contributed by atoms with Crippen molar-refractivity contribution in [2.24, 2.45) is 11.8 Å². The van der Waals surface area contributed by atoms with Gasteiger partial charge in [-0.1, -0.05) is 31.2 Å². The summed E-state index contributed by atoms with van der Waals surface area (Å²) in [5, 5.41) is 0. The molecule has 1 aromatic rings. The summed E-state index contributed by atoms with van der Waals surface area (Å²) >= 11 is 0. The molecule has 3 unspecified atom stereocenters. The van der Waals surface area contributed by atoms with E-state index in [-0.39, 0.29) is 0 Å². The third-order valence-corrected chi connectivity index (χ3v) is 4.39. The minimum atomic E-state index is 0.921. The van der Waals surface area contributed by atoms with Crippen LogP contribution in [0, 0.1) is 11.8 Å². The van der Waals surface area contributed by atoms with Crippen molar-refractivity contribution in [3.8, 4) is 0 Å². The lowest BCUT2D eigenvalue weighted by Gasteiger charge is -2.54. The molecule has 2 fully saturated rings. The zero-order chi connectivity index (χ0) is 9.54. The first-order chi connectivity index (χ1) is 6.90. The second-order valence-electron chi connectivity index (χ2n) is 4.90. The van der Waals surface area contributed by atoms with Crippen molar-refractivity contribution in [3.05, 3.63) is 35.4 Å². The number of benzene rings is 1. The molecule has 0 aliphatic heterocycles. The van der Waals surface area contributed by atoms with Crippen LogP contribution in [-0.2, 0) is 6.42 Å². The predicted molar refractivity (Wildman–Crippen MR) is 59.4 cm³/mol. The van der Waals surface area contributed by atoms with Gasteiger partial charge in [-0.05, 0) is 54.6 Å². The molecule has 0 bridgehead atoms. The largest absolute Gasteiger partial charge is 0.0620 e. The highest BCUT2D eigenvalue weighted by Crippen LogP contribution is 2.59. The smallest absolute Gasteiger partial charge is 0.0125 e. The summed E-state index contributed by atoms with van der Waals surface area (Å²) < 4.78 is 0. The van der Waals surface area contributed by atoms with Crippen molar-refractivity contribution in [1.82, 2.24) is 0 Å². The molecule has 0 nitrogen and oxygen atoms in total. The first kappa shape index (κ1) is 8.52. The van der Waals surface area contributed by atoms with Gasteiger partial charge in [0.15, 0.2) is 0 Å². The molecule has 1 aromatic carbocycles. The molecule has 14 heavy (non-hydrogen) atoms. The fourth-order valence-corrected chi connectivity index (χ4v) is 3.30. The number of hydrogen-bond donors (Lipinski definition) is 0. The third-order valence-electron chi connectivity index (χ3n) is 4.39. The minimum Gasteiger partial charge on any atom is -0.0620 e. The normalized spacial score (nSPS) is 34.2. The minimum absolute atomic E-state index is 0.921. The van der Waals surface area contributed by atoms with Crippen LogP contribution < -0.4 is 0 Å². The molecule has 0 heteroatoms. The van der Waals surface area contributed by atoms with E-state index in [0.29, 0.717) is 0 Å². The highest BCUT2D eigenvalue weighted by molar-refractivity contribution is 5.33. The second-order valence-corrected chi connectivity index (χ2v) is 4.90. The van der Waals surface area contributed by atoms with E-state index >= 15 is 0 Å². The molecular weight excluding hydrogens is 168 g/mol. The molecule has 2 aliphatic carbocycles. The van der Waals surface area contributed by atoms with Gasteiger partial charge in [-0.15, -0.1) is 0 Å². The lowest BCUT2D eigenvalue weighted by molar-refractivity contribution is 0.0212. The maximum Gasteiger partial charge on any atom is -0.0125 e. The van der Waals surface area contributed by atoms with Crippen LogP contribution in [0.2, 0.25) is 0 Å². The van der Waals surface area contributed by atoms with Crippen LogP contribution in [-0.4, -0.2) is 0 Å². The van der Waals surface area contributed by atoms with E-state index in [1.165, 1.54) is 25.7 Å². The summed E-state index contributed by atoms with van der Waals surface area (Å²) in [6, 6.07) is 9.05. The number of fused-ring (bicyclic) bond motifs is 1. The van der Waals surface area contributed by atoms with E-state index in [0.717, 1.165) is 17.8 Å². The first-order valence-electron chi connectivity index (χ1n) is 5.98. The summed E-state index contributed by atoms with van der Waals surface area (Å²) in [6.07, 6.45) is 5.68. The summed E-state index contributed by atoms with van der Waals surface area (Å²) in [7, 11) is 0. The Labute approximate surface area is 86.3 Å². The van der Waals surface area contributed by atoms with Crippen LogP contribution in [0.3, 0.4) is 0 Å². The average molecular weight is 186 g/mol. The fourth-order valence-electron chi connectivity index (χ4n) is 3.30. The lowest BCUT2D eigenvalue weighted by atomic mass is 9.51. The van der Waals surface area contributed by atoms with Crippen molar-refractivity contribution in [1.29, 1.82) is 0 Å². The molecule has 0 heterocycles. The average Bonchev–Trinajstić information content (AvgIpc) is 2.22. The Hall–Kier alpha value is -0.780. The molecule has 0 aromatic heterocycles. The van der Waals surface area contributed by atoms with Gasteiger partial charge >= 0.3 is 0 Å². The lowest BCUT2D eigenvalue weighted by Crippen LogP contribution is -2.42. The van der Waals surface area contributed by atoms with Gasteiger partial charge in [-0.2, -0.15) is 0 Å². The standard InChI is InChI=1S/C14H18/c1-2-10-5-3-4-6-12(10)14-9-11-7-8-13(11)14/h3-6,11,13-14H,2,7-9H2,1H3. The topological polar surface area (TPSA) is 0 Å². The van der Waals surface area contributed by atoms with Gasteiger partial charge in [-0.3, -0.25) is 0 Å².